The lowest BCUT2D eigenvalue weighted by atomic mass is 10.0. The van der Waals surface area contributed by atoms with Gasteiger partial charge in [-0.25, -0.2) is 0 Å². The van der Waals surface area contributed by atoms with Crippen molar-refractivity contribution in [1.29, 1.82) is 0 Å². The van der Waals surface area contributed by atoms with Crippen LogP contribution in [0.4, 0.5) is 11.4 Å². The first-order valence-electron chi connectivity index (χ1n) is 7.02. The number of ether oxygens (including phenoxy) is 1. The number of fused-ring (bicyclic) bond motifs is 1. The van der Waals surface area contributed by atoms with E-state index in [-0.39, 0.29) is 11.9 Å². The van der Waals surface area contributed by atoms with Crippen molar-refractivity contribution in [3.63, 3.8) is 0 Å². The minimum absolute atomic E-state index is 0.0333. The molecule has 108 valence electrons. The normalized spacial score (nSPS) is 17.2. The van der Waals surface area contributed by atoms with Crippen molar-refractivity contribution in [2.24, 2.45) is 0 Å². The number of para-hydroxylation sites is 2. The molecule has 1 aliphatic rings. The highest BCUT2D eigenvalue weighted by Gasteiger charge is 2.21. The van der Waals surface area contributed by atoms with Crippen molar-refractivity contribution in [1.82, 2.24) is 0 Å². The molecule has 4 heteroatoms. The predicted molar refractivity (Wildman–Crippen MR) is 84.8 cm³/mol. The van der Waals surface area contributed by atoms with Crippen LogP contribution >= 0.6 is 0 Å². The third-order valence-corrected chi connectivity index (χ3v) is 3.62. The average Bonchev–Trinajstić information content (AvgIpc) is 2.63. The molecule has 2 aromatic carbocycles. The van der Waals surface area contributed by atoms with E-state index >= 15 is 0 Å². The number of nitrogens with one attached hydrogen (secondary N) is 2. The first-order valence-corrected chi connectivity index (χ1v) is 7.02. The first-order chi connectivity index (χ1) is 10.2. The highest BCUT2D eigenvalue weighted by molar-refractivity contribution is 6.00. The summed E-state index contributed by atoms with van der Waals surface area (Å²) in [5.74, 6) is 0.849. The minimum Gasteiger partial charge on any atom is -0.496 e. The quantitative estimate of drug-likeness (QED) is 0.886. The zero-order valence-electron chi connectivity index (χ0n) is 12.1. The summed E-state index contributed by atoms with van der Waals surface area (Å²) in [5, 5.41) is 6.39. The van der Waals surface area contributed by atoms with Gasteiger partial charge in [0.05, 0.1) is 18.5 Å². The van der Waals surface area contributed by atoms with Gasteiger partial charge in [0.15, 0.2) is 0 Å². The van der Waals surface area contributed by atoms with Crippen molar-refractivity contribution >= 4 is 17.3 Å². The number of hydrogen-bond donors (Lipinski definition) is 2. The topological polar surface area (TPSA) is 50.4 Å². The Kier molecular flexibility index (Phi) is 3.52. The Morgan fingerprint density at radius 2 is 1.86 bits per heavy atom. The van der Waals surface area contributed by atoms with Crippen LogP contribution in [0.1, 0.15) is 13.3 Å². The maximum atomic E-state index is 11.9. The fourth-order valence-electron chi connectivity index (χ4n) is 2.68. The van der Waals surface area contributed by atoms with Crippen molar-refractivity contribution in [3.05, 3.63) is 42.5 Å². The van der Waals surface area contributed by atoms with Crippen molar-refractivity contribution in [2.45, 2.75) is 19.4 Å². The number of methoxy groups -OCH3 is 1. The average molecular weight is 282 g/mol. The van der Waals surface area contributed by atoms with Crippen LogP contribution in [0.2, 0.25) is 0 Å². The Morgan fingerprint density at radius 3 is 2.67 bits per heavy atom. The molecule has 0 saturated heterocycles. The smallest absolute Gasteiger partial charge is 0.226 e. The van der Waals surface area contributed by atoms with Crippen LogP contribution in [0.15, 0.2) is 42.5 Å². The van der Waals surface area contributed by atoms with Gasteiger partial charge in [0.2, 0.25) is 5.91 Å². The zero-order valence-corrected chi connectivity index (χ0v) is 12.1. The Balaban J connectivity index is 2.17. The monoisotopic (exact) mass is 282 g/mol. The molecule has 1 heterocycles. The van der Waals surface area contributed by atoms with E-state index in [0.29, 0.717) is 6.42 Å². The SMILES string of the molecule is COc1ccccc1-c1cccc2c1N[C@H](C)CC(=O)N2. The number of rotatable bonds is 2. The fraction of sp³-hybridized carbons (Fsp3) is 0.235. The van der Waals surface area contributed by atoms with E-state index in [1.807, 2.05) is 49.4 Å². The maximum Gasteiger partial charge on any atom is 0.226 e. The van der Waals surface area contributed by atoms with E-state index in [2.05, 4.69) is 10.6 Å². The lowest BCUT2D eigenvalue weighted by Gasteiger charge is -2.18. The van der Waals surface area contributed by atoms with Gasteiger partial charge >= 0.3 is 0 Å². The molecule has 0 bridgehead atoms. The molecule has 21 heavy (non-hydrogen) atoms. The van der Waals surface area contributed by atoms with E-state index in [1.165, 1.54) is 0 Å². The van der Waals surface area contributed by atoms with Crippen molar-refractivity contribution < 1.29 is 9.53 Å². The van der Waals surface area contributed by atoms with Gasteiger partial charge in [0.25, 0.3) is 0 Å². The molecule has 1 amide bonds. The van der Waals surface area contributed by atoms with E-state index < -0.39 is 0 Å². The number of anilines is 2. The number of carbonyl (C=O) groups is 1. The van der Waals surface area contributed by atoms with Crippen LogP contribution in [0.3, 0.4) is 0 Å². The largest absolute Gasteiger partial charge is 0.496 e. The molecule has 0 spiro atoms. The van der Waals surface area contributed by atoms with Gasteiger partial charge in [-0.2, -0.15) is 0 Å². The van der Waals surface area contributed by atoms with Crippen LogP contribution in [-0.2, 0) is 4.79 Å². The minimum atomic E-state index is 0.0333. The van der Waals surface area contributed by atoms with Gasteiger partial charge in [-0.05, 0) is 19.1 Å². The van der Waals surface area contributed by atoms with E-state index in [4.69, 9.17) is 4.74 Å². The second-order valence-corrected chi connectivity index (χ2v) is 5.23. The van der Waals surface area contributed by atoms with E-state index in [1.54, 1.807) is 7.11 Å². The molecule has 2 N–H and O–H groups in total. The summed E-state index contributed by atoms with van der Waals surface area (Å²) in [5.41, 5.74) is 3.79. The third kappa shape index (κ3) is 2.57. The second-order valence-electron chi connectivity index (χ2n) is 5.23. The molecule has 0 aliphatic carbocycles. The molecule has 2 aromatic rings. The molecule has 3 rings (SSSR count). The lowest BCUT2D eigenvalue weighted by Crippen LogP contribution is -2.19. The molecule has 0 fully saturated rings. The summed E-state index contributed by atoms with van der Waals surface area (Å²) in [6.45, 7) is 2.01. The number of hydrogen-bond acceptors (Lipinski definition) is 3. The summed E-state index contributed by atoms with van der Waals surface area (Å²) in [7, 11) is 1.66. The van der Waals surface area contributed by atoms with Crippen LogP contribution < -0.4 is 15.4 Å². The second kappa shape index (κ2) is 5.48. The summed E-state index contributed by atoms with van der Waals surface area (Å²) in [6, 6.07) is 13.9. The summed E-state index contributed by atoms with van der Waals surface area (Å²) in [4.78, 5) is 11.9. The molecule has 0 unspecified atom stereocenters. The van der Waals surface area contributed by atoms with Gasteiger partial charge < -0.3 is 15.4 Å². The van der Waals surface area contributed by atoms with Crippen molar-refractivity contribution in [2.75, 3.05) is 17.7 Å². The Hall–Kier alpha value is -2.49. The highest BCUT2D eigenvalue weighted by Crippen LogP contribution is 2.40. The predicted octanol–water partition coefficient (Wildman–Crippen LogP) is 3.50. The third-order valence-electron chi connectivity index (χ3n) is 3.62. The van der Waals surface area contributed by atoms with Gasteiger partial charge in [-0.1, -0.05) is 30.3 Å². The molecule has 1 aliphatic heterocycles. The zero-order chi connectivity index (χ0) is 14.8. The van der Waals surface area contributed by atoms with Crippen LogP contribution in [0.5, 0.6) is 5.75 Å². The van der Waals surface area contributed by atoms with Crippen LogP contribution in [-0.4, -0.2) is 19.1 Å². The van der Waals surface area contributed by atoms with E-state index in [0.717, 1.165) is 28.3 Å². The number of amides is 1. The standard InChI is InChI=1S/C17H18N2O2/c1-11-10-16(20)19-14-8-5-7-13(17(14)18-11)12-6-3-4-9-15(12)21-2/h3-9,11,18H,10H2,1-2H3,(H,19,20)/t11-/m1/s1. The molecule has 1 atom stereocenters. The first kappa shape index (κ1) is 13.5. The Bertz CT molecular complexity index is 682. The van der Waals surface area contributed by atoms with Gasteiger partial charge in [-0.15, -0.1) is 0 Å². The van der Waals surface area contributed by atoms with Gasteiger partial charge in [0, 0.05) is 23.6 Å². The molecule has 0 aromatic heterocycles. The Labute approximate surface area is 124 Å². The van der Waals surface area contributed by atoms with Crippen molar-refractivity contribution in [3.8, 4) is 16.9 Å². The summed E-state index contributed by atoms with van der Waals surface area (Å²) >= 11 is 0. The highest BCUT2D eigenvalue weighted by atomic mass is 16.5. The molecule has 0 radical (unpaired) electrons. The van der Waals surface area contributed by atoms with Gasteiger partial charge in [-0.3, -0.25) is 4.79 Å². The van der Waals surface area contributed by atoms with E-state index in [9.17, 15) is 4.79 Å². The van der Waals surface area contributed by atoms with Gasteiger partial charge in [0.1, 0.15) is 5.75 Å². The molecular weight excluding hydrogens is 264 g/mol. The van der Waals surface area contributed by atoms with Crippen LogP contribution in [0, 0.1) is 0 Å². The lowest BCUT2D eigenvalue weighted by molar-refractivity contribution is -0.116. The summed E-state index contributed by atoms with van der Waals surface area (Å²) in [6.07, 6.45) is 0.458. The molecular formula is C17H18N2O2. The fourth-order valence-corrected chi connectivity index (χ4v) is 2.68. The molecule has 4 nitrogen and oxygen atoms in total. The number of carbonyl (C=O) groups excluding carboxylic acids is 1. The maximum absolute atomic E-state index is 11.9. The number of benzene rings is 2. The summed E-state index contributed by atoms with van der Waals surface area (Å²) < 4.78 is 5.45. The molecule has 0 saturated carbocycles. The Morgan fingerprint density at radius 1 is 1.10 bits per heavy atom. The van der Waals surface area contributed by atoms with Crippen LogP contribution in [0.25, 0.3) is 11.1 Å².